The fourth-order valence-electron chi connectivity index (χ4n) is 6.48. The van der Waals surface area contributed by atoms with E-state index in [0.717, 1.165) is 83.4 Å². The van der Waals surface area contributed by atoms with Gasteiger partial charge in [-0.15, -0.1) is 43.1 Å². The SMILES string of the molecule is CC.CN(CCCN(C)c1ccc(N=Nc2nccs2)cc1)c1ccc(N=Nc2nccs2)cc1.CN(CCCN(C)c1ccc(N=Nc2scc[n+]2C)cc1)c1ccc(N=Nc2scc[n+]2C)cc1.[CH3-].[CH3-]. The molecule has 8 aromatic rings. The minimum absolute atomic E-state index is 0. The van der Waals surface area contributed by atoms with Gasteiger partial charge in [-0.2, -0.15) is 0 Å². The van der Waals surface area contributed by atoms with Crippen LogP contribution in [-0.4, -0.2) is 64.3 Å². The van der Waals surface area contributed by atoms with Crippen molar-refractivity contribution < 1.29 is 9.13 Å². The summed E-state index contributed by atoms with van der Waals surface area (Å²) in [6.07, 6.45) is 9.47. The van der Waals surface area contributed by atoms with Gasteiger partial charge in [0.1, 0.15) is 23.8 Å². The highest BCUT2D eigenvalue weighted by Gasteiger charge is 2.11. The van der Waals surface area contributed by atoms with Crippen LogP contribution in [0.25, 0.3) is 0 Å². The van der Waals surface area contributed by atoms with Gasteiger partial charge in [-0.1, -0.05) is 13.8 Å². The Bertz CT molecular complexity index is 2630. The van der Waals surface area contributed by atoms with Gasteiger partial charge in [-0.3, -0.25) is 0 Å². The first-order chi connectivity index (χ1) is 34.2. The van der Waals surface area contributed by atoms with E-state index in [4.69, 9.17) is 0 Å². The maximum Gasteiger partial charge on any atom is 0.408 e. The molecule has 0 atom stereocenters. The number of nitrogens with zero attached hydrogens (tertiary/aromatic N) is 16. The molecule has 16 nitrogen and oxygen atoms in total. The maximum atomic E-state index is 4.34. The molecule has 0 saturated heterocycles. The molecule has 0 amide bonds. The molecule has 378 valence electrons. The van der Waals surface area contributed by atoms with Gasteiger partial charge >= 0.3 is 10.3 Å². The number of aromatic nitrogens is 4. The Balaban J connectivity index is 0.000000295. The van der Waals surface area contributed by atoms with E-state index in [1.54, 1.807) is 35.1 Å². The van der Waals surface area contributed by atoms with Crippen molar-refractivity contribution in [2.24, 2.45) is 55.0 Å². The van der Waals surface area contributed by atoms with Crippen LogP contribution in [-0.2, 0) is 14.1 Å². The molecule has 0 radical (unpaired) electrons. The maximum absolute atomic E-state index is 4.34. The lowest BCUT2D eigenvalue weighted by atomic mass is 10.2. The fraction of sp³-hybridized carbons (Fsp3) is 0.269. The number of thiazole rings is 4. The number of azo groups is 4. The Kier molecular flexibility index (Phi) is 24.5. The number of rotatable bonds is 20. The lowest BCUT2D eigenvalue weighted by Crippen LogP contribution is -2.25. The second-order valence-corrected chi connectivity index (χ2v) is 19.0. The van der Waals surface area contributed by atoms with Gasteiger partial charge in [0.15, 0.2) is 0 Å². The molecule has 0 N–H and O–H groups in total. The van der Waals surface area contributed by atoms with Crippen molar-refractivity contribution in [1.29, 1.82) is 0 Å². The summed E-state index contributed by atoms with van der Waals surface area (Å²) in [6.45, 7) is 7.82. The monoisotopic (exact) mass is 1040 g/mol. The summed E-state index contributed by atoms with van der Waals surface area (Å²) in [6, 6.07) is 32.6. The number of hydrogen-bond donors (Lipinski definition) is 0. The molecule has 72 heavy (non-hydrogen) atoms. The zero-order valence-corrected chi connectivity index (χ0v) is 46.2. The third-order valence-electron chi connectivity index (χ3n) is 10.5. The fourth-order valence-corrected chi connectivity index (χ4v) is 8.75. The minimum atomic E-state index is 0. The van der Waals surface area contributed by atoms with Gasteiger partial charge in [0, 0.05) is 111 Å². The summed E-state index contributed by atoms with van der Waals surface area (Å²) in [5, 5.41) is 44.9. The Morgan fingerprint density at radius 3 is 0.903 bits per heavy atom. The van der Waals surface area contributed by atoms with E-state index in [-0.39, 0.29) is 14.9 Å². The molecule has 0 fully saturated rings. The van der Waals surface area contributed by atoms with Gasteiger partial charge in [0.05, 0.1) is 35.7 Å². The molecule has 0 saturated carbocycles. The molecule has 4 aromatic carbocycles. The van der Waals surface area contributed by atoms with E-state index in [1.807, 2.05) is 120 Å². The van der Waals surface area contributed by atoms with Crippen molar-refractivity contribution in [3.8, 4) is 0 Å². The van der Waals surface area contributed by atoms with Crippen molar-refractivity contribution in [1.82, 2.24) is 9.97 Å². The molecule has 0 aliphatic rings. The molecule has 20 heteroatoms. The number of anilines is 4. The van der Waals surface area contributed by atoms with E-state index in [9.17, 15) is 0 Å². The van der Waals surface area contributed by atoms with Crippen molar-refractivity contribution in [2.75, 3.05) is 74.0 Å². The van der Waals surface area contributed by atoms with Crippen LogP contribution in [0.4, 0.5) is 66.0 Å². The highest BCUT2D eigenvalue weighted by atomic mass is 32.1. The predicted octanol–water partition coefficient (Wildman–Crippen LogP) is 15.6. The van der Waals surface area contributed by atoms with E-state index < -0.39 is 0 Å². The van der Waals surface area contributed by atoms with Gasteiger partial charge in [0.25, 0.3) is 0 Å². The van der Waals surface area contributed by atoms with Crippen molar-refractivity contribution in [3.05, 3.63) is 158 Å². The van der Waals surface area contributed by atoms with Crippen LogP contribution in [0, 0.1) is 14.9 Å². The molecule has 0 spiro atoms. The molecule has 0 unspecified atom stereocenters. The Hall–Kier alpha value is -7.00. The normalized spacial score (nSPS) is 10.9. The zero-order chi connectivity index (χ0) is 49.5. The van der Waals surface area contributed by atoms with Crippen molar-refractivity contribution >= 4 is 111 Å². The van der Waals surface area contributed by atoms with E-state index in [2.05, 4.69) is 147 Å². The molecular formula is C52H66N16S4. The zero-order valence-electron chi connectivity index (χ0n) is 42.9. The third-order valence-corrected chi connectivity index (χ3v) is 13.5. The Morgan fingerprint density at radius 2 is 0.667 bits per heavy atom. The van der Waals surface area contributed by atoms with Crippen molar-refractivity contribution in [2.45, 2.75) is 26.7 Å². The quantitative estimate of drug-likeness (QED) is 0.0422. The lowest BCUT2D eigenvalue weighted by molar-refractivity contribution is -0.654. The first-order valence-electron chi connectivity index (χ1n) is 22.7. The summed E-state index contributed by atoms with van der Waals surface area (Å²) in [7, 11) is 12.4. The molecule has 4 aromatic heterocycles. The van der Waals surface area contributed by atoms with Gasteiger partial charge in [-0.25, -0.2) is 19.1 Å². The van der Waals surface area contributed by atoms with Gasteiger partial charge < -0.3 is 34.5 Å². The van der Waals surface area contributed by atoms with Crippen LogP contribution in [0.3, 0.4) is 0 Å². The summed E-state index contributed by atoms with van der Waals surface area (Å²) in [5.74, 6) is 0. The Labute approximate surface area is 441 Å². The number of hydrogen-bond acceptors (Lipinski definition) is 18. The summed E-state index contributed by atoms with van der Waals surface area (Å²) < 4.78 is 3.92. The molecule has 8 rings (SSSR count). The molecular weight excluding hydrogens is 977 g/mol. The summed E-state index contributed by atoms with van der Waals surface area (Å²) in [4.78, 5) is 17.2. The average molecular weight is 1040 g/mol. The largest absolute Gasteiger partial charge is 0.408 e. The van der Waals surface area contributed by atoms with E-state index in [1.165, 1.54) is 34.0 Å². The Morgan fingerprint density at radius 1 is 0.389 bits per heavy atom. The van der Waals surface area contributed by atoms with Crippen LogP contribution >= 0.6 is 45.3 Å². The van der Waals surface area contributed by atoms with Crippen LogP contribution in [0.2, 0.25) is 0 Å². The van der Waals surface area contributed by atoms with Crippen LogP contribution < -0.4 is 28.7 Å². The van der Waals surface area contributed by atoms with Crippen LogP contribution in [0.1, 0.15) is 26.7 Å². The second kappa shape index (κ2) is 30.7. The highest BCUT2D eigenvalue weighted by Crippen LogP contribution is 2.27. The lowest BCUT2D eigenvalue weighted by Gasteiger charge is -2.23. The average Bonchev–Trinajstić information content (AvgIpc) is 4.26. The van der Waals surface area contributed by atoms with E-state index in [0.29, 0.717) is 10.3 Å². The van der Waals surface area contributed by atoms with Crippen molar-refractivity contribution in [3.63, 3.8) is 0 Å². The smallest absolute Gasteiger partial charge is 0.375 e. The molecule has 0 aliphatic carbocycles. The molecule has 0 aliphatic heterocycles. The first kappa shape index (κ1) is 57.6. The van der Waals surface area contributed by atoms with Crippen LogP contribution in [0.5, 0.6) is 0 Å². The van der Waals surface area contributed by atoms with Gasteiger partial charge in [0.2, 0.25) is 10.3 Å². The molecule has 0 bridgehead atoms. The van der Waals surface area contributed by atoms with E-state index >= 15 is 0 Å². The standard InChI is InChI=1S/C25H30N8S2.C23H24N8S2.C2H6.2CH3/c1-30(22-10-6-20(7-11-22)26-28-24-32(3)16-18-34-24)14-5-15-31(2)23-12-8-21(9-13-23)27-29-25-33(4)17-19-35-25;1-30(20-8-4-18(5-9-20)26-28-22-24-12-16-32-22)14-3-15-31(2)21-10-6-19(7-11-21)27-29-23-25-13-17-33-23;1-2;;/h6-13,16-19H,5,14-15H2,1-4H3;4-13,16-17H,3,14-15H2,1-2H3;1-2H3;2*1H3/q+2;;;2*-1. The van der Waals surface area contributed by atoms with Gasteiger partial charge in [-0.05, 0) is 143 Å². The second-order valence-electron chi connectivity index (χ2n) is 15.5. The number of aryl methyl sites for hydroxylation is 2. The summed E-state index contributed by atoms with van der Waals surface area (Å²) >= 11 is 6.08. The number of benzene rings is 4. The summed E-state index contributed by atoms with van der Waals surface area (Å²) in [5.41, 5.74) is 7.98. The highest BCUT2D eigenvalue weighted by molar-refractivity contribution is 7.13. The minimum Gasteiger partial charge on any atom is -0.375 e. The predicted molar refractivity (Wildman–Crippen MR) is 304 cm³/mol. The molecule has 4 heterocycles. The third kappa shape index (κ3) is 18.3. The van der Waals surface area contributed by atoms with Crippen LogP contribution in [0.15, 0.2) is 184 Å². The first-order valence-corrected chi connectivity index (χ1v) is 26.3. The topological polar surface area (TPSA) is 145 Å².